The van der Waals surface area contributed by atoms with E-state index in [0.717, 1.165) is 22.5 Å². The van der Waals surface area contributed by atoms with Crippen molar-refractivity contribution in [2.45, 2.75) is 72.0 Å². The van der Waals surface area contributed by atoms with Crippen molar-refractivity contribution in [2.24, 2.45) is 5.92 Å². The minimum absolute atomic E-state index is 0.146. The lowest BCUT2D eigenvalue weighted by molar-refractivity contribution is 0.0950. The summed E-state index contributed by atoms with van der Waals surface area (Å²) in [5.41, 5.74) is 4.74. The summed E-state index contributed by atoms with van der Waals surface area (Å²) < 4.78 is 0. The van der Waals surface area contributed by atoms with Crippen molar-refractivity contribution in [3.63, 3.8) is 0 Å². The summed E-state index contributed by atoms with van der Waals surface area (Å²) in [4.78, 5) is 30.3. The lowest BCUT2D eigenvalue weighted by Gasteiger charge is -2.36. The molecule has 1 aromatic heterocycles. The van der Waals surface area contributed by atoms with Crippen LogP contribution >= 0.6 is 0 Å². The first-order valence-corrected chi connectivity index (χ1v) is 11.7. The van der Waals surface area contributed by atoms with E-state index >= 15 is 0 Å². The number of anilines is 1. The number of amides is 1. The van der Waals surface area contributed by atoms with Gasteiger partial charge >= 0.3 is 0 Å². The molecule has 2 aromatic rings. The van der Waals surface area contributed by atoms with Crippen LogP contribution in [0.25, 0.3) is 0 Å². The van der Waals surface area contributed by atoms with E-state index in [9.17, 15) is 9.59 Å². The topological polar surface area (TPSA) is 77.2 Å². The Morgan fingerprint density at radius 2 is 1.84 bits per heavy atom. The smallest absolute Gasteiger partial charge is 0.253 e. The maximum Gasteiger partial charge on any atom is 0.253 e. The van der Waals surface area contributed by atoms with Gasteiger partial charge in [0.15, 0.2) is 0 Å². The summed E-state index contributed by atoms with van der Waals surface area (Å²) in [6.45, 7) is 8.19. The van der Waals surface area contributed by atoms with Crippen LogP contribution in [0.4, 0.5) is 5.69 Å². The van der Waals surface area contributed by atoms with Crippen LogP contribution in [0.15, 0.2) is 29.1 Å². The molecule has 3 rings (SSSR count). The zero-order chi connectivity index (χ0) is 23.4. The van der Waals surface area contributed by atoms with Crippen LogP contribution in [0.3, 0.4) is 0 Å². The second kappa shape index (κ2) is 10.3. The van der Waals surface area contributed by atoms with Crippen molar-refractivity contribution in [2.75, 3.05) is 19.4 Å². The Labute approximate surface area is 191 Å². The SMILES string of the molecule is Cc1cc(C)c(CNC(=O)c2cccc(NC(C)[C@H]3CC[C@H](N(C)C)CC3)c2C)c(=O)[nH]1. The zero-order valence-corrected chi connectivity index (χ0v) is 20.3. The van der Waals surface area contributed by atoms with Crippen LogP contribution in [0.5, 0.6) is 0 Å². The number of carbonyl (C=O) groups is 1. The van der Waals surface area contributed by atoms with E-state index < -0.39 is 0 Å². The standard InChI is InChI=1S/C26H38N4O2/c1-16-14-17(2)28-26(32)23(16)15-27-25(31)22-8-7-9-24(18(22)3)29-19(4)20-10-12-21(13-11-20)30(5)6/h7-9,14,19-21,29H,10-13,15H2,1-6H3,(H,27,31)(H,28,32)/t19?,20-,21-. The summed E-state index contributed by atoms with van der Waals surface area (Å²) in [6, 6.07) is 8.77. The minimum atomic E-state index is -0.162. The largest absolute Gasteiger partial charge is 0.382 e. The van der Waals surface area contributed by atoms with Gasteiger partial charge in [-0.25, -0.2) is 0 Å². The molecular weight excluding hydrogens is 400 g/mol. The molecule has 0 bridgehead atoms. The maximum atomic E-state index is 12.9. The number of nitrogens with one attached hydrogen (secondary N) is 3. The van der Waals surface area contributed by atoms with Crippen molar-refractivity contribution in [3.8, 4) is 0 Å². The third-order valence-corrected chi connectivity index (χ3v) is 7.06. The van der Waals surface area contributed by atoms with Gasteiger partial charge in [-0.05, 0) is 103 Å². The third-order valence-electron chi connectivity index (χ3n) is 7.06. The summed E-state index contributed by atoms with van der Waals surface area (Å²) in [7, 11) is 4.34. The molecule has 1 aliphatic carbocycles. The zero-order valence-electron chi connectivity index (χ0n) is 20.3. The van der Waals surface area contributed by atoms with Crippen molar-refractivity contribution >= 4 is 11.6 Å². The van der Waals surface area contributed by atoms with Crippen LogP contribution < -0.4 is 16.2 Å². The number of aromatic nitrogens is 1. The second-order valence-corrected chi connectivity index (χ2v) is 9.57. The first-order valence-electron chi connectivity index (χ1n) is 11.7. The van der Waals surface area contributed by atoms with Crippen LogP contribution in [-0.2, 0) is 6.54 Å². The normalized spacial score (nSPS) is 19.6. The maximum absolute atomic E-state index is 12.9. The molecule has 3 N–H and O–H groups in total. The molecule has 0 radical (unpaired) electrons. The Balaban J connectivity index is 1.65. The Kier molecular flexibility index (Phi) is 7.77. The van der Waals surface area contributed by atoms with Gasteiger partial charge in [-0.2, -0.15) is 0 Å². The molecule has 1 atom stereocenters. The Morgan fingerprint density at radius 1 is 1.16 bits per heavy atom. The average molecular weight is 439 g/mol. The molecule has 1 aliphatic rings. The Hall–Kier alpha value is -2.60. The van der Waals surface area contributed by atoms with Gasteiger partial charge in [-0.3, -0.25) is 9.59 Å². The molecule has 174 valence electrons. The number of aromatic amines is 1. The van der Waals surface area contributed by atoms with Gasteiger partial charge in [0.2, 0.25) is 0 Å². The van der Waals surface area contributed by atoms with Crippen LogP contribution in [0.1, 0.15) is 65.3 Å². The summed E-state index contributed by atoms with van der Waals surface area (Å²) >= 11 is 0. The Morgan fingerprint density at radius 3 is 2.47 bits per heavy atom. The molecule has 0 aliphatic heterocycles. The molecule has 1 fully saturated rings. The van der Waals surface area contributed by atoms with E-state index in [1.54, 1.807) is 0 Å². The fourth-order valence-corrected chi connectivity index (χ4v) is 4.88. The van der Waals surface area contributed by atoms with Gasteiger partial charge in [0, 0.05) is 41.1 Å². The van der Waals surface area contributed by atoms with Crippen LogP contribution in [-0.4, -0.2) is 42.0 Å². The van der Waals surface area contributed by atoms with E-state index in [0.29, 0.717) is 29.1 Å². The van der Waals surface area contributed by atoms with E-state index in [2.05, 4.69) is 41.5 Å². The van der Waals surface area contributed by atoms with Crippen molar-refractivity contribution < 1.29 is 4.79 Å². The van der Waals surface area contributed by atoms with Crippen molar-refractivity contribution in [1.29, 1.82) is 0 Å². The highest BCUT2D eigenvalue weighted by Gasteiger charge is 2.26. The number of benzene rings is 1. The van der Waals surface area contributed by atoms with Gasteiger partial charge < -0.3 is 20.5 Å². The first-order chi connectivity index (χ1) is 15.2. The quantitative estimate of drug-likeness (QED) is 0.607. The number of nitrogens with zero attached hydrogens (tertiary/aromatic N) is 1. The molecule has 0 saturated heterocycles. The number of H-pyrrole nitrogens is 1. The highest BCUT2D eigenvalue weighted by atomic mass is 16.1. The number of hydrogen-bond acceptors (Lipinski definition) is 4. The number of rotatable bonds is 7. The lowest BCUT2D eigenvalue weighted by Crippen LogP contribution is -2.36. The summed E-state index contributed by atoms with van der Waals surface area (Å²) in [5.74, 6) is 0.476. The van der Waals surface area contributed by atoms with E-state index in [4.69, 9.17) is 0 Å². The number of hydrogen-bond donors (Lipinski definition) is 3. The van der Waals surface area contributed by atoms with Crippen LogP contribution in [0, 0.1) is 26.7 Å². The van der Waals surface area contributed by atoms with Crippen molar-refractivity contribution in [3.05, 3.63) is 62.6 Å². The summed E-state index contributed by atoms with van der Waals surface area (Å²) in [6.07, 6.45) is 4.92. The van der Waals surface area contributed by atoms with Gasteiger partial charge in [-0.15, -0.1) is 0 Å². The monoisotopic (exact) mass is 438 g/mol. The molecule has 1 amide bonds. The molecular formula is C26H38N4O2. The average Bonchev–Trinajstić information content (AvgIpc) is 2.74. The third kappa shape index (κ3) is 5.60. The van der Waals surface area contributed by atoms with E-state index in [1.807, 2.05) is 45.0 Å². The fourth-order valence-electron chi connectivity index (χ4n) is 4.88. The molecule has 6 heteroatoms. The van der Waals surface area contributed by atoms with Gasteiger partial charge in [0.1, 0.15) is 0 Å². The van der Waals surface area contributed by atoms with Crippen molar-refractivity contribution in [1.82, 2.24) is 15.2 Å². The highest BCUT2D eigenvalue weighted by molar-refractivity contribution is 5.97. The molecule has 1 aromatic carbocycles. The lowest BCUT2D eigenvalue weighted by atomic mass is 9.81. The second-order valence-electron chi connectivity index (χ2n) is 9.57. The molecule has 1 unspecified atom stereocenters. The highest BCUT2D eigenvalue weighted by Crippen LogP contribution is 2.31. The minimum Gasteiger partial charge on any atom is -0.382 e. The molecule has 1 heterocycles. The Bertz CT molecular complexity index is 1000. The molecule has 32 heavy (non-hydrogen) atoms. The van der Waals surface area contributed by atoms with Gasteiger partial charge in [0.25, 0.3) is 11.5 Å². The van der Waals surface area contributed by atoms with Crippen LogP contribution in [0.2, 0.25) is 0 Å². The van der Waals surface area contributed by atoms with Gasteiger partial charge in [0.05, 0.1) is 0 Å². The first kappa shape index (κ1) is 24.1. The predicted octanol–water partition coefficient (Wildman–Crippen LogP) is 4.15. The fraction of sp³-hybridized carbons (Fsp3) is 0.538. The number of pyridine rings is 1. The van der Waals surface area contributed by atoms with Gasteiger partial charge in [-0.1, -0.05) is 6.07 Å². The molecule has 1 saturated carbocycles. The number of aryl methyl sites for hydroxylation is 2. The van der Waals surface area contributed by atoms with E-state index in [1.165, 1.54) is 25.7 Å². The number of carbonyl (C=O) groups excluding carboxylic acids is 1. The van der Waals surface area contributed by atoms with E-state index in [-0.39, 0.29) is 18.0 Å². The molecule has 0 spiro atoms. The predicted molar refractivity (Wildman–Crippen MR) is 131 cm³/mol. The molecule has 6 nitrogen and oxygen atoms in total. The summed E-state index contributed by atoms with van der Waals surface area (Å²) in [5, 5.41) is 6.59.